The van der Waals surface area contributed by atoms with Crippen LogP contribution >= 0.6 is 0 Å². The quantitative estimate of drug-likeness (QED) is 0.131. The fourth-order valence-corrected chi connectivity index (χ4v) is 10.5. The van der Waals surface area contributed by atoms with E-state index in [0.717, 1.165) is 39.0 Å². The van der Waals surface area contributed by atoms with Gasteiger partial charge in [-0.05, 0) is 67.4 Å². The molecule has 0 bridgehead atoms. The first-order valence-corrected chi connectivity index (χ1v) is 17.6. The van der Waals surface area contributed by atoms with Crippen molar-refractivity contribution in [3.8, 4) is 22.8 Å². The number of para-hydroxylation sites is 2. The molecule has 11 aromatic rings. The van der Waals surface area contributed by atoms with Gasteiger partial charge in [0.05, 0.1) is 10.8 Å². The minimum Gasteiger partial charge on any atom is -0.456 e. The molecule has 14 rings (SSSR count). The molecule has 5 aromatic heterocycles. The Kier molecular flexibility index (Phi) is 3.91. The zero-order chi connectivity index (χ0) is 33.1. The predicted molar refractivity (Wildman–Crippen MR) is 199 cm³/mol. The molecule has 0 saturated heterocycles. The minimum atomic E-state index is -0.679. The molecule has 3 aliphatic heterocycles. The van der Waals surface area contributed by atoms with Gasteiger partial charge in [0.25, 0.3) is 11.3 Å². The van der Waals surface area contributed by atoms with Crippen LogP contribution in [0.25, 0.3) is 87.8 Å². The van der Waals surface area contributed by atoms with E-state index in [4.69, 9.17) is 9.15 Å². The SMILES string of the molecule is Cc1cccc(C)c1-c1c[n+]2c3c4c5c(ccc4c4cc6c(cc4n13)oc1ccccc16)Oc1ccc3c4ccccc4n4cc[n+]6c4c3c1C562. The molecule has 0 saturated carbocycles. The van der Waals surface area contributed by atoms with Gasteiger partial charge in [0, 0.05) is 43.9 Å². The molecular weight excluding hydrogens is 629 g/mol. The van der Waals surface area contributed by atoms with E-state index in [1.165, 1.54) is 82.6 Å². The first-order chi connectivity index (χ1) is 25.1. The monoisotopic (exact) mass is 654 g/mol. The maximum atomic E-state index is 6.98. The molecule has 6 aromatic carbocycles. The lowest BCUT2D eigenvalue weighted by Gasteiger charge is -2.30. The summed E-state index contributed by atoms with van der Waals surface area (Å²) < 4.78 is 23.5. The highest BCUT2D eigenvalue weighted by atomic mass is 16.5. The number of fused-ring (bicyclic) bond motifs is 9. The maximum absolute atomic E-state index is 6.98. The van der Waals surface area contributed by atoms with Crippen LogP contribution in [0, 0.1) is 13.8 Å². The Morgan fingerprint density at radius 1 is 0.588 bits per heavy atom. The summed E-state index contributed by atoms with van der Waals surface area (Å²) in [5, 5.41) is 9.66. The average Bonchev–Trinajstić information content (AvgIpc) is 3.96. The number of pyridine rings is 2. The van der Waals surface area contributed by atoms with Crippen molar-refractivity contribution in [1.29, 1.82) is 0 Å². The molecule has 236 valence electrons. The minimum absolute atomic E-state index is 0.679. The Morgan fingerprint density at radius 2 is 1.31 bits per heavy atom. The molecule has 0 amide bonds. The molecular formula is C45H26N4O2+2. The molecule has 0 radical (unpaired) electrons. The number of benzene rings is 6. The van der Waals surface area contributed by atoms with Gasteiger partial charge in [0.2, 0.25) is 0 Å². The normalized spacial score (nSPS) is 16.7. The number of hydrogen-bond acceptors (Lipinski definition) is 2. The van der Waals surface area contributed by atoms with Gasteiger partial charge in [-0.1, -0.05) is 54.6 Å². The van der Waals surface area contributed by atoms with Gasteiger partial charge < -0.3 is 9.15 Å². The van der Waals surface area contributed by atoms with Gasteiger partial charge in [-0.3, -0.25) is 0 Å². The zero-order valence-corrected chi connectivity index (χ0v) is 27.7. The van der Waals surface area contributed by atoms with E-state index in [-0.39, 0.29) is 0 Å². The van der Waals surface area contributed by atoms with Crippen molar-refractivity contribution in [2.24, 2.45) is 0 Å². The van der Waals surface area contributed by atoms with Crippen LogP contribution in [-0.4, -0.2) is 8.80 Å². The van der Waals surface area contributed by atoms with E-state index in [1.54, 1.807) is 0 Å². The lowest BCUT2D eigenvalue weighted by atomic mass is 9.85. The second-order valence-electron chi connectivity index (χ2n) is 14.6. The van der Waals surface area contributed by atoms with E-state index in [2.05, 4.69) is 147 Å². The second-order valence-corrected chi connectivity index (χ2v) is 14.6. The van der Waals surface area contributed by atoms with Crippen molar-refractivity contribution < 1.29 is 18.3 Å². The number of rotatable bonds is 1. The van der Waals surface area contributed by atoms with Crippen molar-refractivity contribution in [2.75, 3.05) is 0 Å². The number of aryl methyl sites for hydroxylation is 2. The molecule has 1 atom stereocenters. The third kappa shape index (κ3) is 2.49. The number of furan rings is 1. The molecule has 3 aliphatic rings. The molecule has 0 aliphatic carbocycles. The van der Waals surface area contributed by atoms with Crippen molar-refractivity contribution in [2.45, 2.75) is 19.5 Å². The topological polar surface area (TPSA) is 39.0 Å². The zero-order valence-electron chi connectivity index (χ0n) is 27.7. The van der Waals surface area contributed by atoms with Gasteiger partial charge in [0.1, 0.15) is 63.4 Å². The van der Waals surface area contributed by atoms with E-state index < -0.39 is 5.66 Å². The van der Waals surface area contributed by atoms with Crippen molar-refractivity contribution >= 4 is 76.6 Å². The lowest BCUT2D eigenvalue weighted by Crippen LogP contribution is -2.71. The summed E-state index contributed by atoms with van der Waals surface area (Å²) in [4.78, 5) is 0. The molecule has 51 heavy (non-hydrogen) atoms. The summed E-state index contributed by atoms with van der Waals surface area (Å²) in [7, 11) is 0. The summed E-state index contributed by atoms with van der Waals surface area (Å²) in [6.45, 7) is 4.47. The van der Waals surface area contributed by atoms with Crippen LogP contribution in [0.3, 0.4) is 0 Å². The fraction of sp³-hybridized carbons (Fsp3) is 0.0667. The molecule has 0 fully saturated rings. The molecule has 1 spiro atoms. The third-order valence-corrected chi connectivity index (χ3v) is 12.4. The Hall–Kier alpha value is -6.66. The molecule has 1 unspecified atom stereocenters. The van der Waals surface area contributed by atoms with Crippen LogP contribution < -0.4 is 13.9 Å². The van der Waals surface area contributed by atoms with Crippen LogP contribution in [0.15, 0.2) is 126 Å². The third-order valence-electron chi connectivity index (χ3n) is 12.4. The number of aromatic nitrogens is 4. The molecule has 8 heterocycles. The van der Waals surface area contributed by atoms with Crippen LogP contribution in [0.5, 0.6) is 11.5 Å². The van der Waals surface area contributed by atoms with Crippen LogP contribution in [0.2, 0.25) is 0 Å². The number of ether oxygens (including phenoxy) is 1. The van der Waals surface area contributed by atoms with Gasteiger partial charge in [0.15, 0.2) is 5.69 Å². The largest absolute Gasteiger partial charge is 0.456 e. The number of nitrogens with zero attached hydrogens (tertiary/aromatic N) is 4. The van der Waals surface area contributed by atoms with Gasteiger partial charge in [-0.25, -0.2) is 0 Å². The van der Waals surface area contributed by atoms with E-state index in [1.807, 2.05) is 6.07 Å². The first kappa shape index (κ1) is 25.3. The molecule has 6 nitrogen and oxygen atoms in total. The summed E-state index contributed by atoms with van der Waals surface area (Å²) in [6, 6.07) is 37.3. The highest BCUT2D eigenvalue weighted by Crippen LogP contribution is 2.58. The van der Waals surface area contributed by atoms with Crippen molar-refractivity contribution in [1.82, 2.24) is 8.80 Å². The van der Waals surface area contributed by atoms with Crippen LogP contribution in [-0.2, 0) is 5.66 Å². The number of imidazole rings is 2. The molecule has 6 heteroatoms. The smallest absolute Gasteiger partial charge is 0.315 e. The first-order valence-electron chi connectivity index (χ1n) is 17.6. The van der Waals surface area contributed by atoms with Crippen LogP contribution in [0.1, 0.15) is 22.3 Å². The van der Waals surface area contributed by atoms with Crippen molar-refractivity contribution in [3.05, 3.63) is 144 Å². The van der Waals surface area contributed by atoms with Crippen molar-refractivity contribution in [3.63, 3.8) is 0 Å². The maximum Gasteiger partial charge on any atom is 0.315 e. The van der Waals surface area contributed by atoms with E-state index in [0.29, 0.717) is 0 Å². The highest BCUT2D eigenvalue weighted by Gasteiger charge is 2.65. The van der Waals surface area contributed by atoms with Gasteiger partial charge >= 0.3 is 5.66 Å². The standard InChI is InChI=1S/C45H26N4O2/c1-23-8-7-9-24(2)38(23)33-22-48-44-40-28(29-20-30-26-11-4-6-13-34(26)50-37(30)21-32(29)49(33)44)15-17-36-42(40)45(48)41-35(51-36)16-14-27-25-10-3-5-12-31(25)46-18-19-47(45)43(46)39(27)41/h3-22H,1-2H3/q+2. The Labute approximate surface area is 289 Å². The highest BCUT2D eigenvalue weighted by molar-refractivity contribution is 6.21. The van der Waals surface area contributed by atoms with Gasteiger partial charge in [-0.15, -0.1) is 0 Å². The fourth-order valence-electron chi connectivity index (χ4n) is 10.5. The predicted octanol–water partition coefficient (Wildman–Crippen LogP) is 9.59. The average molecular weight is 655 g/mol. The summed E-state index contributed by atoms with van der Waals surface area (Å²) in [5.41, 5.74) is 13.2. The van der Waals surface area contributed by atoms with E-state index >= 15 is 0 Å². The van der Waals surface area contributed by atoms with Crippen LogP contribution in [0.4, 0.5) is 0 Å². The lowest BCUT2D eigenvalue weighted by molar-refractivity contribution is -0.944. The number of hydrogen-bond donors (Lipinski definition) is 0. The summed E-state index contributed by atoms with van der Waals surface area (Å²) in [6.07, 6.45) is 6.96. The Bertz CT molecular complexity index is 3520. The second kappa shape index (κ2) is 7.87. The molecule has 0 N–H and O–H groups in total. The summed E-state index contributed by atoms with van der Waals surface area (Å²) >= 11 is 0. The van der Waals surface area contributed by atoms with Gasteiger partial charge in [-0.2, -0.15) is 17.9 Å². The van der Waals surface area contributed by atoms with E-state index in [9.17, 15) is 0 Å². The Balaban J connectivity index is 1.27. The Morgan fingerprint density at radius 3 is 2.14 bits per heavy atom. The summed E-state index contributed by atoms with van der Waals surface area (Å²) in [5.74, 6) is 1.82.